The molecule has 2 aromatic rings. The zero-order valence-electron chi connectivity index (χ0n) is 28.2. The number of hydrogen-bond acceptors (Lipinski definition) is 7. The Balaban J connectivity index is 1.70. The lowest BCUT2D eigenvalue weighted by molar-refractivity contribution is -0.144. The number of ether oxygens (including phenoxy) is 2. The Kier molecular flexibility index (Phi) is 12.4. The standard InChI is InChI=1S/C36H49N5O6/c1-7-23(4)31(37-5)34(43)40-28(19-22(2)3)36(45)41-18-16-30-32(41)35(44)39-27(20-24-11-9-8-10-12-24)33(42)38-17-15-25-21-26(47-30)13-14-29(25)46-6/h8-15,17,21-23,27-28,30-32,37H,7,16,18-20H2,1-6H3,(H,38,42)(H,39,44)(H,40,43)/t23-,27-,28-,30-,31-,32-/m0/s1. The van der Waals surface area contributed by atoms with Crippen LogP contribution in [0, 0.1) is 11.8 Å². The Hall–Kier alpha value is -4.38. The van der Waals surface area contributed by atoms with E-state index in [4.69, 9.17) is 9.47 Å². The van der Waals surface area contributed by atoms with E-state index in [2.05, 4.69) is 21.3 Å². The summed E-state index contributed by atoms with van der Waals surface area (Å²) in [7, 11) is 3.29. The molecule has 47 heavy (non-hydrogen) atoms. The van der Waals surface area contributed by atoms with Crippen LogP contribution >= 0.6 is 0 Å². The Bertz CT molecular complexity index is 1430. The Morgan fingerprint density at radius 1 is 1.09 bits per heavy atom. The minimum atomic E-state index is -1.05. The van der Waals surface area contributed by atoms with Gasteiger partial charge in [-0.2, -0.15) is 0 Å². The normalized spacial score (nSPS) is 21.5. The number of rotatable bonds is 11. The fourth-order valence-electron chi connectivity index (χ4n) is 6.23. The number of nitrogens with zero attached hydrogens (tertiary/aromatic N) is 1. The number of likely N-dealkylation sites (tertiary alicyclic amines) is 1. The lowest BCUT2D eigenvalue weighted by atomic mass is 9.96. The van der Waals surface area contributed by atoms with Crippen molar-refractivity contribution in [2.75, 3.05) is 20.7 Å². The molecule has 2 aliphatic rings. The monoisotopic (exact) mass is 647 g/mol. The highest BCUT2D eigenvalue weighted by Crippen LogP contribution is 2.30. The largest absolute Gasteiger partial charge is 0.496 e. The van der Waals surface area contributed by atoms with Crippen LogP contribution in [-0.4, -0.2) is 79.5 Å². The minimum absolute atomic E-state index is 0.0529. The first kappa shape index (κ1) is 35.5. The van der Waals surface area contributed by atoms with Crippen molar-refractivity contribution in [1.29, 1.82) is 0 Å². The number of nitrogens with one attached hydrogen (secondary N) is 4. The SMILES string of the molecule is CC[C@H](C)[C@H](NC)C(=O)N[C@@H](CC(C)C)C(=O)N1CC[C@@H]2Oc3ccc(OC)c(c3)C=CNC(=O)[C@H](Cc3ccccc3)NC(=O)[C@H]21. The molecule has 0 unspecified atom stereocenters. The van der Waals surface area contributed by atoms with Gasteiger partial charge in [-0.25, -0.2) is 0 Å². The van der Waals surface area contributed by atoms with Crippen molar-refractivity contribution in [2.24, 2.45) is 11.8 Å². The molecular weight excluding hydrogens is 598 g/mol. The van der Waals surface area contributed by atoms with Crippen LogP contribution in [0.3, 0.4) is 0 Å². The fourth-order valence-corrected chi connectivity index (χ4v) is 6.23. The number of fused-ring (bicyclic) bond motifs is 3. The second-order valence-corrected chi connectivity index (χ2v) is 12.8. The van der Waals surface area contributed by atoms with Crippen molar-refractivity contribution in [3.63, 3.8) is 0 Å². The van der Waals surface area contributed by atoms with Crippen LogP contribution in [0.5, 0.6) is 11.5 Å². The molecule has 11 heteroatoms. The number of amides is 4. The van der Waals surface area contributed by atoms with Crippen molar-refractivity contribution in [2.45, 2.75) is 83.6 Å². The van der Waals surface area contributed by atoms with Gasteiger partial charge < -0.3 is 35.6 Å². The van der Waals surface area contributed by atoms with Gasteiger partial charge in [-0.3, -0.25) is 19.2 Å². The number of benzene rings is 2. The van der Waals surface area contributed by atoms with Gasteiger partial charge in [0.2, 0.25) is 23.6 Å². The highest BCUT2D eigenvalue weighted by atomic mass is 16.5. The molecule has 254 valence electrons. The van der Waals surface area contributed by atoms with Gasteiger partial charge in [0, 0.05) is 31.1 Å². The van der Waals surface area contributed by atoms with E-state index >= 15 is 0 Å². The van der Waals surface area contributed by atoms with Crippen LogP contribution in [0.4, 0.5) is 0 Å². The zero-order chi connectivity index (χ0) is 34.1. The van der Waals surface area contributed by atoms with Gasteiger partial charge in [0.05, 0.1) is 13.2 Å². The summed E-state index contributed by atoms with van der Waals surface area (Å²) < 4.78 is 11.9. The maximum Gasteiger partial charge on any atom is 0.247 e. The first-order chi connectivity index (χ1) is 22.6. The van der Waals surface area contributed by atoms with E-state index in [1.54, 1.807) is 38.4 Å². The maximum absolute atomic E-state index is 14.3. The fraction of sp³-hybridized carbons (Fsp3) is 0.500. The molecule has 2 bridgehead atoms. The van der Waals surface area contributed by atoms with Crippen LogP contribution < -0.4 is 30.7 Å². The summed E-state index contributed by atoms with van der Waals surface area (Å²) in [6.07, 6.45) is 4.32. The number of carbonyl (C=O) groups excluding carboxylic acids is 4. The van der Waals surface area contributed by atoms with Crippen LogP contribution in [0.2, 0.25) is 0 Å². The summed E-state index contributed by atoms with van der Waals surface area (Å²) >= 11 is 0. The molecule has 2 aromatic carbocycles. The molecular formula is C36H49N5O6. The Labute approximate surface area is 277 Å². The highest BCUT2D eigenvalue weighted by Gasteiger charge is 2.46. The number of likely N-dealkylation sites (N-methyl/N-ethyl adjacent to an activating group) is 1. The van der Waals surface area contributed by atoms with Crippen molar-refractivity contribution in [3.05, 3.63) is 65.9 Å². The lowest BCUT2D eigenvalue weighted by Crippen LogP contribution is -2.60. The van der Waals surface area contributed by atoms with E-state index in [-0.39, 0.29) is 36.6 Å². The molecule has 0 aromatic heterocycles. The number of hydrogen-bond donors (Lipinski definition) is 4. The van der Waals surface area contributed by atoms with Crippen LogP contribution in [0.15, 0.2) is 54.7 Å². The predicted octanol–water partition coefficient (Wildman–Crippen LogP) is 3.04. The molecule has 1 fully saturated rings. The molecule has 4 N–H and O–H groups in total. The van der Waals surface area contributed by atoms with Gasteiger partial charge in [0.1, 0.15) is 35.7 Å². The summed E-state index contributed by atoms with van der Waals surface area (Å²) in [5.74, 6) is -0.312. The van der Waals surface area contributed by atoms with Crippen molar-refractivity contribution in [1.82, 2.24) is 26.2 Å². The topological polar surface area (TPSA) is 138 Å². The van der Waals surface area contributed by atoms with E-state index < -0.39 is 42.1 Å². The van der Waals surface area contributed by atoms with Crippen LogP contribution in [0.25, 0.3) is 6.08 Å². The average Bonchev–Trinajstić information content (AvgIpc) is 3.47. The molecule has 0 spiro atoms. The van der Waals surface area contributed by atoms with Gasteiger partial charge >= 0.3 is 0 Å². The summed E-state index contributed by atoms with van der Waals surface area (Å²) in [4.78, 5) is 57.0. The maximum atomic E-state index is 14.3. The van der Waals surface area contributed by atoms with Gasteiger partial charge in [-0.1, -0.05) is 64.4 Å². The third-order valence-corrected chi connectivity index (χ3v) is 8.92. The summed E-state index contributed by atoms with van der Waals surface area (Å²) in [6.45, 7) is 8.22. The Morgan fingerprint density at radius 3 is 2.49 bits per heavy atom. The van der Waals surface area contributed by atoms with Gasteiger partial charge in [0.25, 0.3) is 0 Å². The molecule has 4 amide bonds. The van der Waals surface area contributed by atoms with E-state index in [0.29, 0.717) is 29.9 Å². The molecule has 11 nitrogen and oxygen atoms in total. The molecule has 2 aliphatic heterocycles. The summed E-state index contributed by atoms with van der Waals surface area (Å²) in [5.41, 5.74) is 1.54. The third-order valence-electron chi connectivity index (χ3n) is 8.92. The van der Waals surface area contributed by atoms with E-state index in [0.717, 1.165) is 12.0 Å². The van der Waals surface area contributed by atoms with Crippen molar-refractivity contribution >= 4 is 29.7 Å². The molecule has 6 atom stereocenters. The second kappa shape index (κ2) is 16.4. The van der Waals surface area contributed by atoms with Crippen LogP contribution in [-0.2, 0) is 25.6 Å². The van der Waals surface area contributed by atoms with Gasteiger partial charge in [-0.15, -0.1) is 0 Å². The highest BCUT2D eigenvalue weighted by molar-refractivity contribution is 5.96. The number of carbonyl (C=O) groups is 4. The smallest absolute Gasteiger partial charge is 0.247 e. The molecule has 0 aliphatic carbocycles. The molecule has 4 rings (SSSR count). The predicted molar refractivity (Wildman–Crippen MR) is 180 cm³/mol. The van der Waals surface area contributed by atoms with E-state index in [1.807, 2.05) is 58.0 Å². The lowest BCUT2D eigenvalue weighted by Gasteiger charge is -2.33. The van der Waals surface area contributed by atoms with Crippen molar-refractivity contribution < 1.29 is 28.7 Å². The number of methoxy groups -OCH3 is 1. The summed E-state index contributed by atoms with van der Waals surface area (Å²) in [5, 5.41) is 11.8. The van der Waals surface area contributed by atoms with Gasteiger partial charge in [0.15, 0.2) is 0 Å². The molecule has 2 heterocycles. The van der Waals surface area contributed by atoms with E-state index in [1.165, 1.54) is 11.1 Å². The zero-order valence-corrected chi connectivity index (χ0v) is 28.2. The van der Waals surface area contributed by atoms with Crippen LogP contribution in [0.1, 0.15) is 58.1 Å². The molecule has 1 saturated heterocycles. The summed E-state index contributed by atoms with van der Waals surface area (Å²) in [6, 6.07) is 11.4. The van der Waals surface area contributed by atoms with Crippen molar-refractivity contribution in [3.8, 4) is 11.5 Å². The quantitative estimate of drug-likeness (QED) is 0.294. The molecule has 0 saturated carbocycles. The second-order valence-electron chi connectivity index (χ2n) is 12.8. The third kappa shape index (κ3) is 8.91. The average molecular weight is 648 g/mol. The van der Waals surface area contributed by atoms with E-state index in [9.17, 15) is 19.2 Å². The Morgan fingerprint density at radius 2 is 1.83 bits per heavy atom. The van der Waals surface area contributed by atoms with Gasteiger partial charge in [-0.05, 0) is 55.1 Å². The first-order valence-corrected chi connectivity index (χ1v) is 16.5. The minimum Gasteiger partial charge on any atom is -0.496 e. The molecule has 0 radical (unpaired) electrons. The first-order valence-electron chi connectivity index (χ1n) is 16.5.